The van der Waals surface area contributed by atoms with Crippen molar-refractivity contribution in [3.05, 3.63) is 5.28 Å². The maximum Gasteiger partial charge on any atom is 0.322 e. The third kappa shape index (κ3) is 3.02. The Kier molecular flexibility index (Phi) is 3.25. The number of anilines is 1. The standard InChI is InChI=1S/C7H11ClN4O/c1-3-4(2)13-7-11-5(8)10-6(9)12-7/h4H,3H2,1-2H3,(H2,9,10,11,12). The molecule has 0 fully saturated rings. The third-order valence-corrected chi connectivity index (χ3v) is 1.66. The number of nitrogens with two attached hydrogens (primary N) is 1. The van der Waals surface area contributed by atoms with Crippen molar-refractivity contribution in [1.29, 1.82) is 0 Å². The van der Waals surface area contributed by atoms with Crippen LogP contribution in [0.1, 0.15) is 20.3 Å². The van der Waals surface area contributed by atoms with Gasteiger partial charge in [0.2, 0.25) is 11.2 Å². The van der Waals surface area contributed by atoms with Gasteiger partial charge in [0, 0.05) is 0 Å². The molecule has 0 radical (unpaired) electrons. The largest absolute Gasteiger partial charge is 0.460 e. The maximum atomic E-state index is 5.55. The number of ether oxygens (including phenoxy) is 1. The van der Waals surface area contributed by atoms with Gasteiger partial charge in [-0.15, -0.1) is 0 Å². The number of nitrogens with zero attached hydrogens (tertiary/aromatic N) is 3. The number of aromatic nitrogens is 3. The molecule has 1 heterocycles. The summed E-state index contributed by atoms with van der Waals surface area (Å²) in [6.45, 7) is 3.91. The minimum Gasteiger partial charge on any atom is -0.460 e. The summed E-state index contributed by atoms with van der Waals surface area (Å²) in [5.74, 6) is 0.0679. The number of nitrogen functional groups attached to an aromatic ring is 1. The van der Waals surface area contributed by atoms with E-state index >= 15 is 0 Å². The summed E-state index contributed by atoms with van der Waals surface area (Å²) in [6, 6.07) is 0.173. The molecule has 72 valence electrons. The minimum atomic E-state index is 0.0397. The average Bonchev–Trinajstić information content (AvgIpc) is 2.02. The Balaban J connectivity index is 2.77. The van der Waals surface area contributed by atoms with Crippen molar-refractivity contribution in [3.63, 3.8) is 0 Å². The smallest absolute Gasteiger partial charge is 0.322 e. The highest BCUT2D eigenvalue weighted by molar-refractivity contribution is 6.28. The second-order valence-electron chi connectivity index (χ2n) is 2.58. The van der Waals surface area contributed by atoms with Gasteiger partial charge in [0.15, 0.2) is 0 Å². The molecule has 13 heavy (non-hydrogen) atoms. The molecule has 0 bridgehead atoms. The van der Waals surface area contributed by atoms with Crippen LogP contribution >= 0.6 is 11.6 Å². The van der Waals surface area contributed by atoms with Crippen molar-refractivity contribution >= 4 is 17.5 Å². The van der Waals surface area contributed by atoms with Gasteiger partial charge in [0.05, 0.1) is 6.10 Å². The number of halogens is 1. The summed E-state index contributed by atoms with van der Waals surface area (Å²) in [7, 11) is 0. The molecule has 1 unspecified atom stereocenters. The van der Waals surface area contributed by atoms with Crippen LogP contribution in [-0.4, -0.2) is 21.1 Å². The first-order chi connectivity index (χ1) is 6.11. The molecular weight excluding hydrogens is 192 g/mol. The summed E-state index contributed by atoms with van der Waals surface area (Å²) in [4.78, 5) is 11.1. The summed E-state index contributed by atoms with van der Waals surface area (Å²) < 4.78 is 5.30. The molecule has 0 aliphatic heterocycles. The molecule has 0 aliphatic rings. The van der Waals surface area contributed by atoms with E-state index in [-0.39, 0.29) is 23.3 Å². The Morgan fingerprint density at radius 2 is 2.15 bits per heavy atom. The Labute approximate surface area is 81.3 Å². The zero-order chi connectivity index (χ0) is 9.84. The maximum absolute atomic E-state index is 5.55. The van der Waals surface area contributed by atoms with Crippen LogP contribution in [0.4, 0.5) is 5.95 Å². The van der Waals surface area contributed by atoms with E-state index in [1.165, 1.54) is 0 Å². The van der Waals surface area contributed by atoms with Crippen LogP contribution in [0.5, 0.6) is 6.01 Å². The topological polar surface area (TPSA) is 73.9 Å². The van der Waals surface area contributed by atoms with Crippen LogP contribution in [0.2, 0.25) is 5.28 Å². The van der Waals surface area contributed by atoms with Gasteiger partial charge in [-0.25, -0.2) is 0 Å². The number of hydrogen-bond acceptors (Lipinski definition) is 5. The fraction of sp³-hybridized carbons (Fsp3) is 0.571. The van der Waals surface area contributed by atoms with Crippen molar-refractivity contribution in [2.75, 3.05) is 5.73 Å². The van der Waals surface area contributed by atoms with Gasteiger partial charge in [-0.05, 0) is 24.9 Å². The van der Waals surface area contributed by atoms with Crippen LogP contribution in [0.25, 0.3) is 0 Å². The highest BCUT2D eigenvalue weighted by Gasteiger charge is 2.06. The van der Waals surface area contributed by atoms with Crippen molar-refractivity contribution in [2.24, 2.45) is 0 Å². The monoisotopic (exact) mass is 202 g/mol. The van der Waals surface area contributed by atoms with E-state index in [9.17, 15) is 0 Å². The summed E-state index contributed by atoms with van der Waals surface area (Å²) in [6.07, 6.45) is 0.904. The van der Waals surface area contributed by atoms with Gasteiger partial charge >= 0.3 is 6.01 Å². The lowest BCUT2D eigenvalue weighted by Gasteiger charge is -2.09. The Morgan fingerprint density at radius 3 is 2.69 bits per heavy atom. The molecule has 0 saturated carbocycles. The molecule has 1 rings (SSSR count). The van der Waals surface area contributed by atoms with Crippen LogP contribution < -0.4 is 10.5 Å². The Morgan fingerprint density at radius 1 is 1.46 bits per heavy atom. The van der Waals surface area contributed by atoms with Crippen LogP contribution in [-0.2, 0) is 0 Å². The van der Waals surface area contributed by atoms with Crippen molar-refractivity contribution in [3.8, 4) is 6.01 Å². The molecule has 1 aromatic rings. The van der Waals surface area contributed by atoms with E-state index in [1.807, 2.05) is 13.8 Å². The molecule has 0 amide bonds. The van der Waals surface area contributed by atoms with Crippen LogP contribution in [0.3, 0.4) is 0 Å². The average molecular weight is 203 g/mol. The molecule has 1 atom stereocenters. The summed E-state index contributed by atoms with van der Waals surface area (Å²) in [5.41, 5.74) is 5.35. The lowest BCUT2D eigenvalue weighted by Crippen LogP contribution is -2.13. The van der Waals surface area contributed by atoms with Crippen molar-refractivity contribution in [2.45, 2.75) is 26.4 Å². The zero-order valence-corrected chi connectivity index (χ0v) is 8.25. The first-order valence-corrected chi connectivity index (χ1v) is 4.33. The van der Waals surface area contributed by atoms with E-state index in [2.05, 4.69) is 15.0 Å². The first-order valence-electron chi connectivity index (χ1n) is 3.95. The van der Waals surface area contributed by atoms with Crippen LogP contribution in [0, 0.1) is 0 Å². The molecule has 1 aromatic heterocycles. The van der Waals surface area contributed by atoms with E-state index < -0.39 is 0 Å². The molecule has 2 N–H and O–H groups in total. The SMILES string of the molecule is CCC(C)Oc1nc(N)nc(Cl)n1. The van der Waals surface area contributed by atoms with Crippen molar-refractivity contribution in [1.82, 2.24) is 15.0 Å². The second kappa shape index (κ2) is 4.23. The van der Waals surface area contributed by atoms with Gasteiger partial charge in [-0.2, -0.15) is 15.0 Å². The van der Waals surface area contributed by atoms with Gasteiger partial charge in [0.1, 0.15) is 0 Å². The Hall–Kier alpha value is -1.10. The predicted molar refractivity (Wildman–Crippen MR) is 49.6 cm³/mol. The Bertz CT molecular complexity index is 274. The molecule has 6 heteroatoms. The molecule has 5 nitrogen and oxygen atoms in total. The van der Waals surface area contributed by atoms with E-state index in [0.29, 0.717) is 0 Å². The number of hydrogen-bond donors (Lipinski definition) is 1. The zero-order valence-electron chi connectivity index (χ0n) is 7.49. The summed E-state index contributed by atoms with van der Waals surface area (Å²) in [5, 5.41) is 0.0470. The lowest BCUT2D eigenvalue weighted by molar-refractivity contribution is 0.199. The van der Waals surface area contributed by atoms with Crippen LogP contribution in [0.15, 0.2) is 0 Å². The van der Waals surface area contributed by atoms with Crippen molar-refractivity contribution < 1.29 is 4.74 Å². The predicted octanol–water partition coefficient (Wildman–Crippen LogP) is 1.28. The lowest BCUT2D eigenvalue weighted by atomic mass is 10.3. The highest BCUT2D eigenvalue weighted by atomic mass is 35.5. The van der Waals surface area contributed by atoms with E-state index in [4.69, 9.17) is 22.1 Å². The highest BCUT2D eigenvalue weighted by Crippen LogP contribution is 2.11. The molecule has 0 saturated heterocycles. The molecular formula is C7H11ClN4O. The molecule has 0 spiro atoms. The molecule has 0 aliphatic carbocycles. The molecule has 0 aromatic carbocycles. The number of rotatable bonds is 3. The van der Waals surface area contributed by atoms with E-state index in [1.54, 1.807) is 0 Å². The third-order valence-electron chi connectivity index (χ3n) is 1.49. The van der Waals surface area contributed by atoms with E-state index in [0.717, 1.165) is 6.42 Å². The van der Waals surface area contributed by atoms with Gasteiger partial charge in [-0.1, -0.05) is 6.92 Å². The van der Waals surface area contributed by atoms with Gasteiger partial charge in [0.25, 0.3) is 0 Å². The fourth-order valence-corrected chi connectivity index (χ4v) is 0.821. The quantitative estimate of drug-likeness (QED) is 0.800. The normalized spacial score (nSPS) is 12.5. The minimum absolute atomic E-state index is 0.0397. The van der Waals surface area contributed by atoms with Gasteiger partial charge in [-0.3, -0.25) is 0 Å². The summed E-state index contributed by atoms with van der Waals surface area (Å²) >= 11 is 5.55. The second-order valence-corrected chi connectivity index (χ2v) is 2.92. The fourth-order valence-electron chi connectivity index (χ4n) is 0.662. The van der Waals surface area contributed by atoms with Gasteiger partial charge < -0.3 is 10.5 Å². The first kappa shape index (κ1) is 9.98.